The molecule has 11 nitrogen and oxygen atoms in total. The standard InChI is InChI=1S/C21H28N6O5/c1-21(2,3)32-20(30)26-8-6-12(7-9-26)15-10-16(28)23-18-14(11-22-27(15)18)17(25-31)24-19(29)13-4-5-13/h10-13,31H,4-9H2,1-3H3,(H,23,28)(H,24,25,29). The van der Waals surface area contributed by atoms with Gasteiger partial charge in [0, 0.05) is 31.0 Å². The number of H-pyrrole nitrogens is 1. The molecule has 172 valence electrons. The summed E-state index contributed by atoms with van der Waals surface area (Å²) in [6, 6.07) is 1.50. The number of nitrogens with one attached hydrogen (secondary N) is 2. The van der Waals surface area contributed by atoms with Crippen LogP contribution in [0.25, 0.3) is 5.65 Å². The van der Waals surface area contributed by atoms with E-state index >= 15 is 0 Å². The summed E-state index contributed by atoms with van der Waals surface area (Å²) in [6.07, 6.45) is 4.01. The Labute approximate surface area is 184 Å². The molecular formula is C21H28N6O5. The Morgan fingerprint density at radius 1 is 1.25 bits per heavy atom. The number of oxime groups is 1. The second-order valence-electron chi connectivity index (χ2n) is 9.33. The Morgan fingerprint density at radius 3 is 2.53 bits per heavy atom. The van der Waals surface area contributed by atoms with Crippen LogP contribution in [0.3, 0.4) is 0 Å². The lowest BCUT2D eigenvalue weighted by atomic mass is 9.93. The van der Waals surface area contributed by atoms with Crippen LogP contribution >= 0.6 is 0 Å². The number of hydrogen-bond donors (Lipinski definition) is 3. The summed E-state index contributed by atoms with van der Waals surface area (Å²) in [5, 5.41) is 19.6. The molecule has 2 aromatic heterocycles. The van der Waals surface area contributed by atoms with Crippen molar-refractivity contribution in [3.8, 4) is 0 Å². The largest absolute Gasteiger partial charge is 0.444 e. The van der Waals surface area contributed by atoms with E-state index in [0.29, 0.717) is 42.8 Å². The highest BCUT2D eigenvalue weighted by Gasteiger charge is 2.32. The average molecular weight is 444 g/mol. The number of piperidine rings is 1. The number of hydrogen-bond acceptors (Lipinski definition) is 7. The van der Waals surface area contributed by atoms with Crippen molar-refractivity contribution in [1.82, 2.24) is 24.8 Å². The van der Waals surface area contributed by atoms with Gasteiger partial charge in [0.2, 0.25) is 5.91 Å². The number of nitrogens with zero attached hydrogens (tertiary/aromatic N) is 4. The van der Waals surface area contributed by atoms with E-state index in [0.717, 1.165) is 12.8 Å². The first-order chi connectivity index (χ1) is 15.2. The number of amides is 2. The van der Waals surface area contributed by atoms with E-state index in [2.05, 4.69) is 20.6 Å². The number of rotatable bonds is 3. The summed E-state index contributed by atoms with van der Waals surface area (Å²) in [4.78, 5) is 41.2. The van der Waals surface area contributed by atoms with E-state index in [1.165, 1.54) is 12.3 Å². The Bertz CT molecular complexity index is 1120. The molecule has 1 aliphatic heterocycles. The zero-order valence-electron chi connectivity index (χ0n) is 18.4. The number of likely N-dealkylation sites (tertiary alicyclic amines) is 1. The fourth-order valence-electron chi connectivity index (χ4n) is 3.87. The lowest BCUT2D eigenvalue weighted by molar-refractivity contribution is -0.120. The van der Waals surface area contributed by atoms with Crippen LogP contribution in [-0.2, 0) is 9.53 Å². The van der Waals surface area contributed by atoms with Gasteiger partial charge in [0.25, 0.3) is 5.56 Å². The number of fused-ring (bicyclic) bond motifs is 1. The van der Waals surface area contributed by atoms with Crippen molar-refractivity contribution in [1.29, 1.82) is 0 Å². The van der Waals surface area contributed by atoms with Crippen molar-refractivity contribution >= 4 is 23.5 Å². The van der Waals surface area contributed by atoms with Crippen LogP contribution in [0, 0.1) is 5.92 Å². The summed E-state index contributed by atoms with van der Waals surface area (Å²) in [7, 11) is 0. The molecule has 1 saturated carbocycles. The van der Waals surface area contributed by atoms with Crippen LogP contribution in [0.4, 0.5) is 4.79 Å². The quantitative estimate of drug-likeness (QED) is 0.285. The predicted octanol–water partition coefficient (Wildman–Crippen LogP) is 1.80. The van der Waals surface area contributed by atoms with Crippen molar-refractivity contribution in [2.45, 2.75) is 58.0 Å². The van der Waals surface area contributed by atoms with E-state index in [1.807, 2.05) is 20.8 Å². The summed E-state index contributed by atoms with van der Waals surface area (Å²) in [5.41, 5.74) is 0.482. The maximum atomic E-state index is 12.4. The van der Waals surface area contributed by atoms with E-state index in [9.17, 15) is 19.6 Å². The molecule has 0 unspecified atom stereocenters. The molecule has 0 atom stereocenters. The molecule has 0 bridgehead atoms. The van der Waals surface area contributed by atoms with Crippen molar-refractivity contribution < 1.29 is 19.5 Å². The Balaban J connectivity index is 1.55. The summed E-state index contributed by atoms with van der Waals surface area (Å²) < 4.78 is 7.04. The van der Waals surface area contributed by atoms with Gasteiger partial charge >= 0.3 is 6.09 Å². The molecule has 3 N–H and O–H groups in total. The molecule has 11 heteroatoms. The first kappa shape index (κ1) is 21.8. The van der Waals surface area contributed by atoms with Gasteiger partial charge in [-0.1, -0.05) is 5.16 Å². The third-order valence-corrected chi connectivity index (χ3v) is 5.64. The Hall–Kier alpha value is -3.37. The van der Waals surface area contributed by atoms with Gasteiger partial charge in [-0.3, -0.25) is 9.59 Å². The zero-order valence-corrected chi connectivity index (χ0v) is 18.4. The van der Waals surface area contributed by atoms with Gasteiger partial charge in [-0.25, -0.2) is 9.31 Å². The Kier molecular flexibility index (Phi) is 5.66. The van der Waals surface area contributed by atoms with Gasteiger partial charge in [-0.05, 0) is 46.5 Å². The third kappa shape index (κ3) is 4.61. The highest BCUT2D eigenvalue weighted by Crippen LogP contribution is 2.30. The molecule has 0 radical (unpaired) electrons. The summed E-state index contributed by atoms with van der Waals surface area (Å²) >= 11 is 0. The molecule has 2 fully saturated rings. The normalized spacial score (nSPS) is 18.1. The maximum absolute atomic E-state index is 12.4. The van der Waals surface area contributed by atoms with Crippen LogP contribution < -0.4 is 10.9 Å². The van der Waals surface area contributed by atoms with E-state index in [1.54, 1.807) is 9.42 Å². The molecule has 3 heterocycles. The van der Waals surface area contributed by atoms with Crippen molar-refractivity contribution in [2.24, 2.45) is 11.1 Å². The third-order valence-electron chi connectivity index (χ3n) is 5.64. The molecule has 2 amide bonds. The molecule has 32 heavy (non-hydrogen) atoms. The SMILES string of the molecule is CC(C)(C)OC(=O)N1CCC(c2cc(=O)[nH]c3c(/C(=N\O)NC(=O)C4CC4)cnn23)CC1. The number of aromatic amines is 1. The molecular weight excluding hydrogens is 416 g/mol. The minimum Gasteiger partial charge on any atom is -0.444 e. The monoisotopic (exact) mass is 444 g/mol. The molecule has 1 aliphatic carbocycles. The minimum atomic E-state index is -0.556. The van der Waals surface area contributed by atoms with Gasteiger partial charge in [0.05, 0.1) is 17.5 Å². The second kappa shape index (κ2) is 8.29. The molecule has 2 aliphatic rings. The number of aromatic nitrogens is 3. The van der Waals surface area contributed by atoms with Gasteiger partial charge in [-0.15, -0.1) is 0 Å². The van der Waals surface area contributed by atoms with Gasteiger partial charge in [0.15, 0.2) is 5.84 Å². The van der Waals surface area contributed by atoms with Crippen LogP contribution in [0.1, 0.15) is 63.6 Å². The van der Waals surface area contributed by atoms with E-state index < -0.39 is 5.60 Å². The Morgan fingerprint density at radius 2 is 1.94 bits per heavy atom. The van der Waals surface area contributed by atoms with Crippen molar-refractivity contribution in [2.75, 3.05) is 13.1 Å². The fraction of sp³-hybridized carbons (Fsp3) is 0.571. The fourth-order valence-corrected chi connectivity index (χ4v) is 3.87. The lowest BCUT2D eigenvalue weighted by Crippen LogP contribution is -2.41. The van der Waals surface area contributed by atoms with Gasteiger partial charge < -0.3 is 25.1 Å². The predicted molar refractivity (Wildman–Crippen MR) is 115 cm³/mol. The molecule has 2 aromatic rings. The first-order valence-electron chi connectivity index (χ1n) is 10.8. The van der Waals surface area contributed by atoms with Crippen molar-refractivity contribution in [3.05, 3.63) is 33.9 Å². The number of ether oxygens (including phenoxy) is 1. The highest BCUT2D eigenvalue weighted by molar-refractivity contribution is 6.11. The molecule has 1 saturated heterocycles. The zero-order chi connectivity index (χ0) is 23.0. The highest BCUT2D eigenvalue weighted by atomic mass is 16.6. The maximum Gasteiger partial charge on any atom is 0.410 e. The number of carbonyl (C=O) groups excluding carboxylic acids is 2. The van der Waals surface area contributed by atoms with Crippen LogP contribution in [0.2, 0.25) is 0 Å². The first-order valence-corrected chi connectivity index (χ1v) is 10.8. The van der Waals surface area contributed by atoms with E-state index in [-0.39, 0.29) is 35.2 Å². The smallest absolute Gasteiger partial charge is 0.410 e. The van der Waals surface area contributed by atoms with Crippen LogP contribution in [0.15, 0.2) is 22.2 Å². The van der Waals surface area contributed by atoms with Crippen molar-refractivity contribution in [3.63, 3.8) is 0 Å². The molecule has 0 aromatic carbocycles. The second-order valence-corrected chi connectivity index (χ2v) is 9.33. The van der Waals surface area contributed by atoms with Crippen LogP contribution in [-0.4, -0.2) is 61.2 Å². The molecule has 0 spiro atoms. The van der Waals surface area contributed by atoms with Gasteiger partial charge in [-0.2, -0.15) is 5.10 Å². The number of amidine groups is 1. The topological polar surface area (TPSA) is 141 Å². The lowest BCUT2D eigenvalue weighted by Gasteiger charge is -2.33. The summed E-state index contributed by atoms with van der Waals surface area (Å²) in [6.45, 7) is 6.50. The van der Waals surface area contributed by atoms with Gasteiger partial charge in [0.1, 0.15) is 11.2 Å². The molecule has 4 rings (SSSR count). The van der Waals surface area contributed by atoms with Crippen LogP contribution in [0.5, 0.6) is 0 Å². The summed E-state index contributed by atoms with van der Waals surface area (Å²) in [5.74, 6) is -0.338. The number of carbonyl (C=O) groups is 2. The minimum absolute atomic E-state index is 0.00167. The average Bonchev–Trinajstić information content (AvgIpc) is 3.51. The van der Waals surface area contributed by atoms with E-state index in [4.69, 9.17) is 4.74 Å².